The van der Waals surface area contributed by atoms with Gasteiger partial charge in [-0.3, -0.25) is 9.10 Å². The maximum Gasteiger partial charge on any atom is 0.268 e. The van der Waals surface area contributed by atoms with Crippen molar-refractivity contribution in [2.45, 2.75) is 23.3 Å². The van der Waals surface area contributed by atoms with E-state index < -0.39 is 32.5 Å². The lowest BCUT2D eigenvalue weighted by Crippen LogP contribution is -2.40. The van der Waals surface area contributed by atoms with E-state index in [0.717, 1.165) is 8.61 Å². The Morgan fingerprint density at radius 1 is 0.919 bits per heavy atom. The molecule has 0 aromatic heterocycles. The number of aryl methyl sites for hydroxylation is 1. The predicted octanol–water partition coefficient (Wildman–Crippen LogP) is 3.42. The molecule has 3 rings (SSSR count). The number of hydrogen-bond acceptors (Lipinski definition) is 6. The third-order valence-electron chi connectivity index (χ3n) is 5.48. The summed E-state index contributed by atoms with van der Waals surface area (Å²) in [5, 5.41) is 3.11. The van der Waals surface area contributed by atoms with Gasteiger partial charge in [0.15, 0.2) is 0 Å². The molecule has 0 atom stereocenters. The Kier molecular flexibility index (Phi) is 8.85. The Morgan fingerprint density at radius 3 is 2.11 bits per heavy atom. The van der Waals surface area contributed by atoms with Crippen molar-refractivity contribution in [1.29, 1.82) is 0 Å². The number of ether oxygens (including phenoxy) is 1. The molecule has 0 spiro atoms. The van der Waals surface area contributed by atoms with Crippen molar-refractivity contribution in [3.05, 3.63) is 82.9 Å². The predicted molar refractivity (Wildman–Crippen MR) is 143 cm³/mol. The summed E-state index contributed by atoms with van der Waals surface area (Å²) in [6, 6.07) is 16.9. The Balaban J connectivity index is 1.85. The van der Waals surface area contributed by atoms with Crippen molar-refractivity contribution in [2.24, 2.45) is 0 Å². The number of methoxy groups -OCH3 is 1. The van der Waals surface area contributed by atoms with Gasteiger partial charge < -0.3 is 10.1 Å². The first-order valence-electron chi connectivity index (χ1n) is 11.1. The summed E-state index contributed by atoms with van der Waals surface area (Å²) in [6.07, 6.45) is 0. The van der Waals surface area contributed by atoms with E-state index in [1.165, 1.54) is 63.7 Å². The molecule has 3 aromatic carbocycles. The minimum Gasteiger partial charge on any atom is -0.495 e. The summed E-state index contributed by atoms with van der Waals surface area (Å²) in [5.41, 5.74) is 1.60. The maximum atomic E-state index is 13.7. The van der Waals surface area contributed by atoms with Crippen LogP contribution in [0.15, 0.2) is 76.5 Å². The fraction of sp³-hybridized carbons (Fsp3) is 0.240. The molecule has 9 nitrogen and oxygen atoms in total. The van der Waals surface area contributed by atoms with Crippen LogP contribution in [-0.4, -0.2) is 54.8 Å². The molecular weight excluding hydrogens is 538 g/mol. The van der Waals surface area contributed by atoms with Crippen molar-refractivity contribution in [3.63, 3.8) is 0 Å². The first-order valence-corrected chi connectivity index (χ1v) is 14.3. The standard InChI is InChI=1S/C25H28ClN3O6S2/c1-18-5-14-23(35-4)24(15-18)37(33,34)29(21-10-8-20(26)9-11-21)17-25(30)27-16-19-6-12-22(13-7-19)36(31,32)28(2)3/h5-15H,16-17H2,1-4H3,(H,27,30). The molecule has 0 bridgehead atoms. The van der Waals surface area contributed by atoms with Gasteiger partial charge in [-0.05, 0) is 66.6 Å². The summed E-state index contributed by atoms with van der Waals surface area (Å²) in [5.74, 6) is -0.409. The third kappa shape index (κ3) is 6.61. The highest BCUT2D eigenvalue weighted by molar-refractivity contribution is 7.93. The van der Waals surface area contributed by atoms with Gasteiger partial charge in [-0.1, -0.05) is 29.8 Å². The average molecular weight is 566 g/mol. The Hall–Kier alpha value is -3.12. The smallest absolute Gasteiger partial charge is 0.268 e. The van der Waals surface area contributed by atoms with Crippen LogP contribution in [0.1, 0.15) is 11.1 Å². The van der Waals surface area contributed by atoms with Crippen molar-refractivity contribution < 1.29 is 26.4 Å². The molecule has 0 aliphatic carbocycles. The number of anilines is 1. The fourth-order valence-electron chi connectivity index (χ4n) is 3.40. The molecule has 1 amide bonds. The van der Waals surface area contributed by atoms with Gasteiger partial charge in [0, 0.05) is 25.7 Å². The van der Waals surface area contributed by atoms with Crippen LogP contribution in [0.4, 0.5) is 5.69 Å². The van der Waals surface area contributed by atoms with Crippen LogP contribution in [0.25, 0.3) is 0 Å². The lowest BCUT2D eigenvalue weighted by Gasteiger charge is -2.25. The topological polar surface area (TPSA) is 113 Å². The Morgan fingerprint density at radius 2 is 1.54 bits per heavy atom. The van der Waals surface area contributed by atoms with Gasteiger partial charge in [-0.2, -0.15) is 0 Å². The van der Waals surface area contributed by atoms with Crippen molar-refractivity contribution in [1.82, 2.24) is 9.62 Å². The molecule has 37 heavy (non-hydrogen) atoms. The van der Waals surface area contributed by atoms with Gasteiger partial charge in [-0.15, -0.1) is 0 Å². The first-order chi connectivity index (χ1) is 17.4. The van der Waals surface area contributed by atoms with Crippen LogP contribution in [0.3, 0.4) is 0 Å². The second kappa shape index (κ2) is 11.5. The molecule has 0 saturated carbocycles. The van der Waals surface area contributed by atoms with Crippen LogP contribution >= 0.6 is 11.6 Å². The molecule has 0 fully saturated rings. The number of nitrogens with one attached hydrogen (secondary N) is 1. The number of carbonyl (C=O) groups excluding carboxylic acids is 1. The van der Waals surface area contributed by atoms with Crippen molar-refractivity contribution in [3.8, 4) is 5.75 Å². The lowest BCUT2D eigenvalue weighted by molar-refractivity contribution is -0.119. The summed E-state index contributed by atoms with van der Waals surface area (Å²) in [7, 11) is -3.53. The van der Waals surface area contributed by atoms with E-state index in [1.807, 2.05) is 0 Å². The Bertz CT molecular complexity index is 1470. The van der Waals surface area contributed by atoms with Gasteiger partial charge in [0.05, 0.1) is 17.7 Å². The quantitative estimate of drug-likeness (QED) is 0.403. The van der Waals surface area contributed by atoms with Gasteiger partial charge in [0.25, 0.3) is 10.0 Å². The van der Waals surface area contributed by atoms with E-state index in [0.29, 0.717) is 16.1 Å². The number of sulfonamides is 2. The first kappa shape index (κ1) is 28.5. The number of rotatable bonds is 10. The number of benzene rings is 3. The highest BCUT2D eigenvalue weighted by Gasteiger charge is 2.30. The molecule has 3 aromatic rings. The molecular formula is C25H28ClN3O6S2. The summed E-state index contributed by atoms with van der Waals surface area (Å²) in [6.45, 7) is 1.32. The number of amides is 1. The zero-order valence-corrected chi connectivity index (χ0v) is 23.2. The van der Waals surface area contributed by atoms with Crippen LogP contribution in [0.2, 0.25) is 5.02 Å². The minimum absolute atomic E-state index is 0.0728. The van der Waals surface area contributed by atoms with E-state index in [4.69, 9.17) is 16.3 Å². The summed E-state index contributed by atoms with van der Waals surface area (Å²) in [4.78, 5) is 13.0. The summed E-state index contributed by atoms with van der Waals surface area (Å²) < 4.78 is 59.3. The van der Waals surface area contributed by atoms with Crippen LogP contribution in [-0.2, 0) is 31.4 Å². The molecule has 0 unspecified atom stereocenters. The molecule has 12 heteroatoms. The number of hydrogen-bond donors (Lipinski definition) is 1. The normalized spacial score (nSPS) is 11.8. The molecule has 0 radical (unpaired) electrons. The average Bonchev–Trinajstić information content (AvgIpc) is 2.86. The second-order valence-electron chi connectivity index (χ2n) is 8.35. The van der Waals surface area contributed by atoms with Crippen molar-refractivity contribution >= 4 is 43.2 Å². The zero-order chi connectivity index (χ0) is 27.4. The molecule has 0 aliphatic rings. The lowest BCUT2D eigenvalue weighted by atomic mass is 10.2. The van der Waals surface area contributed by atoms with Crippen molar-refractivity contribution in [2.75, 3.05) is 32.1 Å². The molecule has 0 heterocycles. The third-order valence-corrected chi connectivity index (χ3v) is 9.36. The molecule has 0 aliphatic heterocycles. The van der Waals surface area contributed by atoms with E-state index in [9.17, 15) is 21.6 Å². The molecule has 0 saturated heterocycles. The second-order valence-corrected chi connectivity index (χ2v) is 12.8. The largest absolute Gasteiger partial charge is 0.495 e. The van der Waals surface area contributed by atoms with Gasteiger partial charge in [-0.25, -0.2) is 21.1 Å². The Labute approximate surface area is 222 Å². The maximum absolute atomic E-state index is 13.7. The van der Waals surface area contributed by atoms with Gasteiger partial charge >= 0.3 is 0 Å². The number of halogens is 1. The summed E-state index contributed by atoms with van der Waals surface area (Å²) >= 11 is 5.99. The van der Waals surface area contributed by atoms with E-state index in [-0.39, 0.29) is 27.8 Å². The minimum atomic E-state index is -4.21. The molecule has 198 valence electrons. The highest BCUT2D eigenvalue weighted by atomic mass is 35.5. The van der Waals surface area contributed by atoms with Crippen LogP contribution in [0.5, 0.6) is 5.75 Å². The fourth-order valence-corrected chi connectivity index (χ4v) is 6.10. The number of carbonyl (C=O) groups is 1. The van der Waals surface area contributed by atoms with E-state index in [2.05, 4.69) is 5.32 Å². The number of nitrogens with zero attached hydrogens (tertiary/aromatic N) is 2. The van der Waals surface area contributed by atoms with E-state index in [1.54, 1.807) is 31.2 Å². The monoisotopic (exact) mass is 565 g/mol. The zero-order valence-electron chi connectivity index (χ0n) is 20.8. The van der Waals surface area contributed by atoms with Crippen LogP contribution in [0, 0.1) is 6.92 Å². The van der Waals surface area contributed by atoms with Gasteiger partial charge in [0.2, 0.25) is 15.9 Å². The molecule has 1 N–H and O–H groups in total. The highest BCUT2D eigenvalue weighted by Crippen LogP contribution is 2.31. The van der Waals surface area contributed by atoms with Crippen LogP contribution < -0.4 is 14.4 Å². The SMILES string of the molecule is COc1ccc(C)cc1S(=O)(=O)N(CC(=O)NCc1ccc(S(=O)(=O)N(C)C)cc1)c1ccc(Cl)cc1. The van der Waals surface area contributed by atoms with E-state index >= 15 is 0 Å². The van der Waals surface area contributed by atoms with Gasteiger partial charge in [0.1, 0.15) is 17.2 Å².